The SMILES string of the molecule is COC(=O)c1ccc(N2C(=O)c3ccccc3C2C(=O)NC(C)(C)C)cc1. The highest BCUT2D eigenvalue weighted by Gasteiger charge is 2.42. The zero-order valence-electron chi connectivity index (χ0n) is 15.8. The summed E-state index contributed by atoms with van der Waals surface area (Å²) < 4.78 is 4.70. The van der Waals surface area contributed by atoms with E-state index in [0.29, 0.717) is 22.4 Å². The highest BCUT2D eigenvalue weighted by molar-refractivity contribution is 6.15. The second-order valence-electron chi connectivity index (χ2n) is 7.44. The first kappa shape index (κ1) is 18.6. The van der Waals surface area contributed by atoms with Crippen LogP contribution < -0.4 is 10.2 Å². The number of nitrogens with zero attached hydrogens (tertiary/aromatic N) is 1. The van der Waals surface area contributed by atoms with Gasteiger partial charge in [0.15, 0.2) is 0 Å². The molecule has 1 aliphatic rings. The van der Waals surface area contributed by atoms with Crippen LogP contribution in [0.2, 0.25) is 0 Å². The fourth-order valence-electron chi connectivity index (χ4n) is 3.16. The molecule has 1 N–H and O–H groups in total. The fourth-order valence-corrected chi connectivity index (χ4v) is 3.16. The fraction of sp³-hybridized carbons (Fsp3) is 0.286. The molecule has 140 valence electrons. The smallest absolute Gasteiger partial charge is 0.337 e. The molecule has 1 unspecified atom stereocenters. The van der Waals surface area contributed by atoms with Gasteiger partial charge in [0.2, 0.25) is 5.91 Å². The van der Waals surface area contributed by atoms with Gasteiger partial charge in [-0.2, -0.15) is 0 Å². The molecule has 6 nitrogen and oxygen atoms in total. The molecule has 2 aromatic rings. The molecule has 1 atom stereocenters. The Morgan fingerprint density at radius 2 is 1.67 bits per heavy atom. The van der Waals surface area contributed by atoms with Crippen molar-refractivity contribution in [3.05, 3.63) is 65.2 Å². The molecule has 1 heterocycles. The molecule has 1 aliphatic heterocycles. The number of rotatable bonds is 3. The Bertz CT molecular complexity index is 897. The molecule has 0 saturated carbocycles. The number of carbonyl (C=O) groups excluding carboxylic acids is 3. The molecular weight excluding hydrogens is 344 g/mol. The number of anilines is 1. The molecule has 27 heavy (non-hydrogen) atoms. The maximum Gasteiger partial charge on any atom is 0.337 e. The van der Waals surface area contributed by atoms with Gasteiger partial charge in [-0.05, 0) is 56.7 Å². The summed E-state index contributed by atoms with van der Waals surface area (Å²) in [4.78, 5) is 39.1. The van der Waals surface area contributed by atoms with Gasteiger partial charge in [0.05, 0.1) is 12.7 Å². The van der Waals surface area contributed by atoms with E-state index >= 15 is 0 Å². The average molecular weight is 366 g/mol. The minimum Gasteiger partial charge on any atom is -0.465 e. The van der Waals surface area contributed by atoms with Crippen molar-refractivity contribution in [2.24, 2.45) is 0 Å². The molecule has 0 bridgehead atoms. The maximum atomic E-state index is 13.0. The highest BCUT2D eigenvalue weighted by Crippen LogP contribution is 2.38. The quantitative estimate of drug-likeness (QED) is 0.847. The van der Waals surface area contributed by atoms with E-state index in [1.807, 2.05) is 26.8 Å². The lowest BCUT2D eigenvalue weighted by Crippen LogP contribution is -2.47. The molecular formula is C21H22N2O4. The van der Waals surface area contributed by atoms with E-state index in [-0.39, 0.29) is 11.8 Å². The first-order chi connectivity index (χ1) is 12.7. The van der Waals surface area contributed by atoms with Crippen LogP contribution in [-0.4, -0.2) is 30.4 Å². The molecule has 0 radical (unpaired) electrons. The van der Waals surface area contributed by atoms with Crippen molar-refractivity contribution < 1.29 is 19.1 Å². The first-order valence-electron chi connectivity index (χ1n) is 8.66. The summed E-state index contributed by atoms with van der Waals surface area (Å²) in [7, 11) is 1.31. The van der Waals surface area contributed by atoms with Crippen LogP contribution in [-0.2, 0) is 9.53 Å². The van der Waals surface area contributed by atoms with E-state index in [1.54, 1.807) is 42.5 Å². The van der Waals surface area contributed by atoms with Crippen LogP contribution in [0.25, 0.3) is 0 Å². The van der Waals surface area contributed by atoms with Gasteiger partial charge in [0.25, 0.3) is 5.91 Å². The van der Waals surface area contributed by atoms with E-state index in [1.165, 1.54) is 12.0 Å². The van der Waals surface area contributed by atoms with Crippen LogP contribution in [0.5, 0.6) is 0 Å². The summed E-state index contributed by atoms with van der Waals surface area (Å²) in [5, 5.41) is 2.95. The number of fused-ring (bicyclic) bond motifs is 1. The number of hydrogen-bond acceptors (Lipinski definition) is 4. The summed E-state index contributed by atoms with van der Waals surface area (Å²) >= 11 is 0. The van der Waals surface area contributed by atoms with Crippen molar-refractivity contribution in [2.75, 3.05) is 12.0 Å². The number of nitrogens with one attached hydrogen (secondary N) is 1. The molecule has 0 spiro atoms. The molecule has 3 rings (SSSR count). The number of ether oxygens (including phenoxy) is 1. The molecule has 2 amide bonds. The van der Waals surface area contributed by atoms with Crippen LogP contribution in [0, 0.1) is 0 Å². The lowest BCUT2D eigenvalue weighted by atomic mass is 10.0. The average Bonchev–Trinajstić information content (AvgIpc) is 2.93. The first-order valence-corrected chi connectivity index (χ1v) is 8.66. The zero-order chi connectivity index (χ0) is 19.8. The Morgan fingerprint density at radius 1 is 1.04 bits per heavy atom. The van der Waals surface area contributed by atoms with Crippen LogP contribution in [0.15, 0.2) is 48.5 Å². The molecule has 6 heteroatoms. The second kappa shape index (κ2) is 6.87. The maximum absolute atomic E-state index is 13.0. The lowest BCUT2D eigenvalue weighted by Gasteiger charge is -2.29. The number of hydrogen-bond donors (Lipinski definition) is 1. The summed E-state index contributed by atoms with van der Waals surface area (Å²) in [6.45, 7) is 5.68. The molecule has 0 fully saturated rings. The summed E-state index contributed by atoms with van der Waals surface area (Å²) in [6, 6.07) is 12.8. The third-order valence-electron chi connectivity index (χ3n) is 4.28. The highest BCUT2D eigenvalue weighted by atomic mass is 16.5. The summed E-state index contributed by atoms with van der Waals surface area (Å²) in [5.74, 6) is -0.956. The Morgan fingerprint density at radius 3 is 2.26 bits per heavy atom. The minimum atomic E-state index is -0.767. The normalized spacial score (nSPS) is 16.1. The second-order valence-corrected chi connectivity index (χ2v) is 7.44. The molecule has 0 saturated heterocycles. The topological polar surface area (TPSA) is 75.7 Å². The third-order valence-corrected chi connectivity index (χ3v) is 4.28. The minimum absolute atomic E-state index is 0.245. The van der Waals surface area contributed by atoms with Crippen molar-refractivity contribution >= 4 is 23.5 Å². The van der Waals surface area contributed by atoms with Gasteiger partial charge < -0.3 is 10.1 Å². The molecule has 2 aromatic carbocycles. The van der Waals surface area contributed by atoms with E-state index in [2.05, 4.69) is 5.32 Å². The van der Waals surface area contributed by atoms with Crippen LogP contribution in [0.4, 0.5) is 5.69 Å². The number of amides is 2. The Labute approximate surface area is 158 Å². The van der Waals surface area contributed by atoms with Gasteiger partial charge in [-0.15, -0.1) is 0 Å². The van der Waals surface area contributed by atoms with Crippen molar-refractivity contribution in [2.45, 2.75) is 32.4 Å². The molecule has 0 aromatic heterocycles. The van der Waals surface area contributed by atoms with Crippen molar-refractivity contribution in [1.29, 1.82) is 0 Å². The van der Waals surface area contributed by atoms with E-state index in [0.717, 1.165) is 0 Å². The number of carbonyl (C=O) groups is 3. The van der Waals surface area contributed by atoms with Crippen LogP contribution >= 0.6 is 0 Å². The lowest BCUT2D eigenvalue weighted by molar-refractivity contribution is -0.123. The van der Waals surface area contributed by atoms with E-state index in [9.17, 15) is 14.4 Å². The van der Waals surface area contributed by atoms with Crippen molar-refractivity contribution in [3.63, 3.8) is 0 Å². The number of esters is 1. The predicted molar refractivity (Wildman–Crippen MR) is 102 cm³/mol. The van der Waals surface area contributed by atoms with Gasteiger partial charge in [-0.25, -0.2) is 4.79 Å². The van der Waals surface area contributed by atoms with E-state index in [4.69, 9.17) is 4.74 Å². The summed E-state index contributed by atoms with van der Waals surface area (Å²) in [5.41, 5.74) is 1.65. The van der Waals surface area contributed by atoms with Gasteiger partial charge in [0.1, 0.15) is 6.04 Å². The zero-order valence-corrected chi connectivity index (χ0v) is 15.8. The Hall–Kier alpha value is -3.15. The van der Waals surface area contributed by atoms with Crippen molar-refractivity contribution in [3.8, 4) is 0 Å². The summed E-state index contributed by atoms with van der Waals surface area (Å²) in [6.07, 6.45) is 0. The largest absolute Gasteiger partial charge is 0.465 e. The van der Waals surface area contributed by atoms with Crippen molar-refractivity contribution in [1.82, 2.24) is 5.32 Å². The predicted octanol–water partition coefficient (Wildman–Crippen LogP) is 3.09. The number of methoxy groups -OCH3 is 1. The van der Waals surface area contributed by atoms with Gasteiger partial charge in [-0.3, -0.25) is 14.5 Å². The third kappa shape index (κ3) is 3.56. The Balaban J connectivity index is 2.03. The van der Waals surface area contributed by atoms with Crippen LogP contribution in [0.3, 0.4) is 0 Å². The van der Waals surface area contributed by atoms with E-state index < -0.39 is 17.6 Å². The number of benzene rings is 2. The van der Waals surface area contributed by atoms with Gasteiger partial charge in [0, 0.05) is 16.8 Å². The van der Waals surface area contributed by atoms with Gasteiger partial charge >= 0.3 is 5.97 Å². The van der Waals surface area contributed by atoms with Gasteiger partial charge in [-0.1, -0.05) is 18.2 Å². The monoisotopic (exact) mass is 366 g/mol. The Kier molecular flexibility index (Phi) is 4.74. The standard InChI is InChI=1S/C21H22N2O4/c1-21(2,3)22-18(24)17-15-7-5-6-8-16(15)19(25)23(17)14-11-9-13(10-12-14)20(26)27-4/h5-12,17H,1-4H3,(H,22,24). The molecule has 0 aliphatic carbocycles. The van der Waals surface area contributed by atoms with Crippen LogP contribution in [0.1, 0.15) is 53.1 Å².